The van der Waals surface area contributed by atoms with Crippen LogP contribution in [0.5, 0.6) is 11.5 Å². The van der Waals surface area contributed by atoms with E-state index >= 15 is 0 Å². The lowest BCUT2D eigenvalue weighted by atomic mass is 10.1. The van der Waals surface area contributed by atoms with E-state index in [1.807, 2.05) is 17.7 Å². The third-order valence-electron chi connectivity index (χ3n) is 2.60. The molecule has 0 saturated carbocycles. The fraction of sp³-hybridized carbons (Fsp3) is 0.636. The first kappa shape index (κ1) is 10.4. The van der Waals surface area contributed by atoms with Gasteiger partial charge in [0.15, 0.2) is 17.1 Å². The van der Waals surface area contributed by atoms with Crippen LogP contribution < -0.4 is 9.47 Å². The Kier molecular flexibility index (Phi) is 2.53. The first-order valence-electron chi connectivity index (χ1n) is 5.33. The Morgan fingerprint density at radius 1 is 1.50 bits per heavy atom. The predicted octanol–water partition coefficient (Wildman–Crippen LogP) is 1.69. The summed E-state index contributed by atoms with van der Waals surface area (Å²) in [6.45, 7) is 4.53. The summed E-state index contributed by atoms with van der Waals surface area (Å²) in [7, 11) is 0. The largest absolute Gasteiger partial charge is 0.485 e. The molecule has 1 aromatic heterocycles. The van der Waals surface area contributed by atoms with Crippen LogP contribution in [0.25, 0.3) is 0 Å². The minimum atomic E-state index is -0.386. The van der Waals surface area contributed by atoms with Gasteiger partial charge in [0.25, 0.3) is 0 Å². The summed E-state index contributed by atoms with van der Waals surface area (Å²) in [6.07, 6.45) is 0.296. The summed E-state index contributed by atoms with van der Waals surface area (Å²) in [6, 6.07) is 0. The van der Waals surface area contributed by atoms with Crippen LogP contribution in [0, 0.1) is 0 Å². The summed E-state index contributed by atoms with van der Waals surface area (Å²) in [5, 5.41) is 3.91. The van der Waals surface area contributed by atoms with Gasteiger partial charge in [-0.05, 0) is 6.92 Å². The molecule has 2 aliphatic rings. The van der Waals surface area contributed by atoms with E-state index < -0.39 is 0 Å². The lowest BCUT2D eigenvalue weighted by Crippen LogP contribution is -2.46. The molecule has 1 saturated heterocycles. The van der Waals surface area contributed by atoms with Crippen molar-refractivity contribution >= 4 is 11.3 Å². The number of epoxide rings is 1. The average molecular weight is 242 g/mol. The first-order valence-corrected chi connectivity index (χ1v) is 6.27. The molecule has 16 heavy (non-hydrogen) atoms. The van der Waals surface area contributed by atoms with Crippen molar-refractivity contribution in [3.05, 3.63) is 10.8 Å². The van der Waals surface area contributed by atoms with Gasteiger partial charge in [-0.25, -0.2) is 0 Å². The normalized spacial score (nSPS) is 31.4. The highest BCUT2D eigenvalue weighted by molar-refractivity contribution is 7.08. The van der Waals surface area contributed by atoms with Crippen molar-refractivity contribution < 1.29 is 18.9 Å². The van der Waals surface area contributed by atoms with Crippen molar-refractivity contribution in [2.75, 3.05) is 26.4 Å². The van der Waals surface area contributed by atoms with Crippen LogP contribution in [-0.2, 0) is 9.47 Å². The number of hydrogen-bond acceptors (Lipinski definition) is 5. The zero-order valence-electron chi connectivity index (χ0n) is 9.10. The second-order valence-electron chi connectivity index (χ2n) is 4.41. The van der Waals surface area contributed by atoms with Crippen molar-refractivity contribution in [1.29, 1.82) is 0 Å². The Hall–Kier alpha value is -0.780. The molecule has 2 atom stereocenters. The molecule has 1 aromatic rings. The number of thiophene rings is 1. The molecule has 0 aromatic carbocycles. The highest BCUT2D eigenvalue weighted by Crippen LogP contribution is 2.38. The zero-order valence-corrected chi connectivity index (χ0v) is 9.92. The molecule has 2 aliphatic heterocycles. The van der Waals surface area contributed by atoms with Crippen LogP contribution >= 0.6 is 11.3 Å². The van der Waals surface area contributed by atoms with Gasteiger partial charge in [0.1, 0.15) is 12.7 Å². The number of hydrogen-bond donors (Lipinski definition) is 0. The Bertz CT molecular complexity index is 374. The van der Waals surface area contributed by atoms with Gasteiger partial charge < -0.3 is 18.9 Å². The van der Waals surface area contributed by atoms with Crippen LogP contribution in [0.3, 0.4) is 0 Å². The number of rotatable bonds is 4. The maximum atomic E-state index is 5.88. The topological polar surface area (TPSA) is 40.2 Å². The molecular formula is C11H14O4S. The molecule has 1 fully saturated rings. The van der Waals surface area contributed by atoms with E-state index in [0.717, 1.165) is 18.1 Å². The Labute approximate surface area is 98.1 Å². The molecule has 0 radical (unpaired) electrons. The molecule has 3 rings (SSSR count). The second-order valence-corrected chi connectivity index (χ2v) is 5.15. The Morgan fingerprint density at radius 3 is 3.12 bits per heavy atom. The molecule has 5 heteroatoms. The van der Waals surface area contributed by atoms with E-state index in [1.165, 1.54) is 0 Å². The van der Waals surface area contributed by atoms with Crippen molar-refractivity contribution in [3.63, 3.8) is 0 Å². The SMILES string of the molecule is CC1(COCC2CO2)COc2cscc2O1. The van der Waals surface area contributed by atoms with E-state index in [9.17, 15) is 0 Å². The fourth-order valence-electron chi connectivity index (χ4n) is 1.62. The Balaban J connectivity index is 1.57. The van der Waals surface area contributed by atoms with Gasteiger partial charge in [0, 0.05) is 10.8 Å². The highest BCUT2D eigenvalue weighted by atomic mass is 32.1. The number of ether oxygens (including phenoxy) is 4. The second kappa shape index (κ2) is 3.91. The van der Waals surface area contributed by atoms with Crippen LogP contribution in [-0.4, -0.2) is 38.1 Å². The summed E-state index contributed by atoms with van der Waals surface area (Å²) in [5.74, 6) is 1.66. The quantitative estimate of drug-likeness (QED) is 0.753. The van der Waals surface area contributed by atoms with E-state index in [1.54, 1.807) is 11.3 Å². The van der Waals surface area contributed by atoms with Gasteiger partial charge in [0.2, 0.25) is 0 Å². The van der Waals surface area contributed by atoms with Crippen LogP contribution in [0.4, 0.5) is 0 Å². The van der Waals surface area contributed by atoms with Crippen molar-refractivity contribution in [1.82, 2.24) is 0 Å². The first-order chi connectivity index (χ1) is 7.75. The summed E-state index contributed by atoms with van der Waals surface area (Å²) in [4.78, 5) is 0. The smallest absolute Gasteiger partial charge is 0.173 e. The van der Waals surface area contributed by atoms with Crippen LogP contribution in [0.2, 0.25) is 0 Å². The molecular weight excluding hydrogens is 228 g/mol. The van der Waals surface area contributed by atoms with Gasteiger partial charge in [0.05, 0.1) is 19.8 Å². The van der Waals surface area contributed by atoms with Crippen molar-refractivity contribution in [2.24, 2.45) is 0 Å². The molecule has 0 spiro atoms. The molecule has 88 valence electrons. The molecule has 3 heterocycles. The predicted molar refractivity (Wildman–Crippen MR) is 59.4 cm³/mol. The van der Waals surface area contributed by atoms with Crippen LogP contribution in [0.1, 0.15) is 6.92 Å². The van der Waals surface area contributed by atoms with Gasteiger partial charge in [-0.15, -0.1) is 11.3 Å². The summed E-state index contributed by atoms with van der Waals surface area (Å²) >= 11 is 1.58. The van der Waals surface area contributed by atoms with Crippen molar-refractivity contribution in [3.8, 4) is 11.5 Å². The Morgan fingerprint density at radius 2 is 2.31 bits per heavy atom. The molecule has 4 nitrogen and oxygen atoms in total. The van der Waals surface area contributed by atoms with Gasteiger partial charge in [-0.1, -0.05) is 0 Å². The molecule has 0 amide bonds. The van der Waals surface area contributed by atoms with Crippen molar-refractivity contribution in [2.45, 2.75) is 18.6 Å². The maximum absolute atomic E-state index is 5.88. The molecule has 0 bridgehead atoms. The maximum Gasteiger partial charge on any atom is 0.173 e. The average Bonchev–Trinajstić information content (AvgIpc) is 2.95. The van der Waals surface area contributed by atoms with E-state index in [-0.39, 0.29) is 5.60 Å². The molecule has 0 N–H and O–H groups in total. The van der Waals surface area contributed by atoms with Gasteiger partial charge in [-0.3, -0.25) is 0 Å². The third-order valence-corrected chi connectivity index (χ3v) is 3.30. The summed E-state index contributed by atoms with van der Waals surface area (Å²) in [5.41, 5.74) is -0.386. The van der Waals surface area contributed by atoms with Gasteiger partial charge in [-0.2, -0.15) is 0 Å². The number of fused-ring (bicyclic) bond motifs is 1. The van der Waals surface area contributed by atoms with E-state index in [2.05, 4.69) is 0 Å². The lowest BCUT2D eigenvalue weighted by molar-refractivity contribution is -0.0600. The standard InChI is InChI=1S/C11H14O4S/c1-11(6-12-2-8-3-13-8)7-14-9-4-16-5-10(9)15-11/h4-5,8H,2-3,6-7H2,1H3. The highest BCUT2D eigenvalue weighted by Gasteiger charge is 2.35. The lowest BCUT2D eigenvalue weighted by Gasteiger charge is -2.33. The van der Waals surface area contributed by atoms with E-state index in [4.69, 9.17) is 18.9 Å². The monoisotopic (exact) mass is 242 g/mol. The zero-order chi connectivity index (χ0) is 11.0. The fourth-order valence-corrected chi connectivity index (χ4v) is 2.28. The molecule has 2 unspecified atom stereocenters. The van der Waals surface area contributed by atoms with Gasteiger partial charge >= 0.3 is 0 Å². The van der Waals surface area contributed by atoms with E-state index in [0.29, 0.717) is 25.9 Å². The summed E-state index contributed by atoms with van der Waals surface area (Å²) < 4.78 is 22.2. The minimum Gasteiger partial charge on any atom is -0.485 e. The minimum absolute atomic E-state index is 0.296. The third kappa shape index (κ3) is 2.16. The van der Waals surface area contributed by atoms with Crippen LogP contribution in [0.15, 0.2) is 10.8 Å². The molecule has 0 aliphatic carbocycles.